The van der Waals surface area contributed by atoms with Gasteiger partial charge in [-0.05, 0) is 47.5 Å². The lowest BCUT2D eigenvalue weighted by molar-refractivity contribution is 0.452. The zero-order valence-electron chi connectivity index (χ0n) is 12.2. The quantitative estimate of drug-likeness (QED) is 0.861. The van der Waals surface area contributed by atoms with E-state index >= 15 is 0 Å². The number of ether oxygens (including phenoxy) is 1. The second kappa shape index (κ2) is 6.85. The first kappa shape index (κ1) is 15.7. The van der Waals surface area contributed by atoms with E-state index in [2.05, 4.69) is 38.1 Å². The van der Waals surface area contributed by atoms with E-state index in [1.165, 1.54) is 6.07 Å². The Morgan fingerprint density at radius 1 is 1.33 bits per heavy atom. The van der Waals surface area contributed by atoms with Crippen molar-refractivity contribution in [2.24, 2.45) is 0 Å². The van der Waals surface area contributed by atoms with Crippen LogP contribution in [-0.2, 0) is 6.42 Å². The number of hydrogen-bond donors (Lipinski definition) is 1. The van der Waals surface area contributed by atoms with E-state index in [9.17, 15) is 4.39 Å². The van der Waals surface area contributed by atoms with Gasteiger partial charge in [0.15, 0.2) is 0 Å². The number of benzene rings is 1. The number of nitrogens with one attached hydrogen (secondary N) is 1. The zero-order valence-corrected chi connectivity index (χ0v) is 13.8. The second-order valence-electron chi connectivity index (χ2n) is 4.60. The van der Waals surface area contributed by atoms with E-state index in [-0.39, 0.29) is 5.82 Å². The predicted molar refractivity (Wildman–Crippen MR) is 84.5 cm³/mol. The molecule has 21 heavy (non-hydrogen) atoms. The molecule has 0 aliphatic rings. The minimum Gasteiger partial charge on any atom is -0.439 e. The van der Waals surface area contributed by atoms with Gasteiger partial charge in [-0.3, -0.25) is 0 Å². The molecular formula is C15H17BrFN3O. The Kier molecular flexibility index (Phi) is 5.12. The largest absolute Gasteiger partial charge is 0.439 e. The van der Waals surface area contributed by atoms with E-state index in [0.29, 0.717) is 16.1 Å². The highest BCUT2D eigenvalue weighted by Gasteiger charge is 2.12. The average Bonchev–Trinajstić information content (AvgIpc) is 2.46. The van der Waals surface area contributed by atoms with Gasteiger partial charge in [-0.15, -0.1) is 0 Å². The minimum atomic E-state index is -0.329. The Morgan fingerprint density at radius 3 is 2.71 bits per heavy atom. The molecule has 0 aliphatic heterocycles. The van der Waals surface area contributed by atoms with E-state index in [1.54, 1.807) is 12.1 Å². The molecule has 1 heterocycles. The molecular weight excluding hydrogens is 337 g/mol. The fraction of sp³-hybridized carbons (Fsp3) is 0.333. The van der Waals surface area contributed by atoms with Crippen molar-refractivity contribution >= 4 is 21.7 Å². The van der Waals surface area contributed by atoms with Gasteiger partial charge in [0.25, 0.3) is 0 Å². The third-order valence-electron chi connectivity index (χ3n) is 2.96. The highest BCUT2D eigenvalue weighted by atomic mass is 79.9. The van der Waals surface area contributed by atoms with Crippen molar-refractivity contribution in [2.75, 3.05) is 12.4 Å². The molecule has 0 amide bonds. The third kappa shape index (κ3) is 3.69. The molecule has 4 nitrogen and oxygen atoms in total. The second-order valence-corrected chi connectivity index (χ2v) is 5.45. The van der Waals surface area contributed by atoms with Crippen molar-refractivity contribution in [1.82, 2.24) is 9.97 Å². The molecule has 0 atom stereocenters. The van der Waals surface area contributed by atoms with E-state index in [0.717, 1.165) is 30.0 Å². The molecule has 0 spiro atoms. The SMILES string of the molecule is CCCc1nc(NC)c(C)c(Oc2ccc(F)c(Br)c2)n1. The Balaban J connectivity index is 2.37. The van der Waals surface area contributed by atoms with Gasteiger partial charge in [-0.1, -0.05) is 6.92 Å². The molecule has 0 saturated heterocycles. The van der Waals surface area contributed by atoms with Crippen molar-refractivity contribution in [3.8, 4) is 11.6 Å². The summed E-state index contributed by atoms with van der Waals surface area (Å²) in [4.78, 5) is 8.88. The molecule has 0 aliphatic carbocycles. The molecule has 0 bridgehead atoms. The van der Waals surface area contributed by atoms with Crippen LogP contribution in [0.25, 0.3) is 0 Å². The molecule has 1 N–H and O–H groups in total. The van der Waals surface area contributed by atoms with Crippen molar-refractivity contribution in [3.05, 3.63) is 39.9 Å². The zero-order chi connectivity index (χ0) is 15.4. The van der Waals surface area contributed by atoms with Crippen LogP contribution in [0, 0.1) is 12.7 Å². The van der Waals surface area contributed by atoms with Gasteiger partial charge in [0, 0.05) is 13.5 Å². The van der Waals surface area contributed by atoms with E-state index in [4.69, 9.17) is 4.74 Å². The number of hydrogen-bond acceptors (Lipinski definition) is 4. The molecule has 0 fully saturated rings. The summed E-state index contributed by atoms with van der Waals surface area (Å²) in [6.45, 7) is 3.95. The average molecular weight is 354 g/mol. The van der Waals surface area contributed by atoms with Crippen LogP contribution in [0.15, 0.2) is 22.7 Å². The predicted octanol–water partition coefficient (Wildman–Crippen LogP) is 4.47. The number of aryl methyl sites for hydroxylation is 1. The maximum atomic E-state index is 13.3. The van der Waals surface area contributed by atoms with E-state index in [1.807, 2.05) is 14.0 Å². The molecule has 6 heteroatoms. The van der Waals surface area contributed by atoms with Crippen LogP contribution in [0.4, 0.5) is 10.2 Å². The molecule has 0 radical (unpaired) electrons. The third-order valence-corrected chi connectivity index (χ3v) is 3.57. The van der Waals surface area contributed by atoms with Crippen LogP contribution in [0.1, 0.15) is 24.7 Å². The van der Waals surface area contributed by atoms with Crippen molar-refractivity contribution in [2.45, 2.75) is 26.7 Å². The van der Waals surface area contributed by atoms with Crippen LogP contribution >= 0.6 is 15.9 Å². The van der Waals surface area contributed by atoms with Gasteiger partial charge in [0.1, 0.15) is 23.2 Å². The van der Waals surface area contributed by atoms with E-state index < -0.39 is 0 Å². The first-order chi connectivity index (χ1) is 10.0. The summed E-state index contributed by atoms with van der Waals surface area (Å²) in [5, 5.41) is 3.04. The topological polar surface area (TPSA) is 47.0 Å². The Hall–Kier alpha value is -1.69. The van der Waals surface area contributed by atoms with Crippen molar-refractivity contribution in [3.63, 3.8) is 0 Å². The van der Waals surface area contributed by atoms with Gasteiger partial charge < -0.3 is 10.1 Å². The minimum absolute atomic E-state index is 0.329. The van der Waals surface area contributed by atoms with Gasteiger partial charge in [0.05, 0.1) is 10.0 Å². The number of anilines is 1. The molecule has 1 aromatic carbocycles. The molecule has 0 saturated carbocycles. The Bertz CT molecular complexity index is 649. The summed E-state index contributed by atoms with van der Waals surface area (Å²) in [6.07, 6.45) is 1.73. The molecule has 112 valence electrons. The van der Waals surface area contributed by atoms with Crippen LogP contribution in [0.2, 0.25) is 0 Å². The highest BCUT2D eigenvalue weighted by molar-refractivity contribution is 9.10. The lowest BCUT2D eigenvalue weighted by Crippen LogP contribution is -2.05. The summed E-state index contributed by atoms with van der Waals surface area (Å²) in [7, 11) is 1.81. The smallest absolute Gasteiger partial charge is 0.227 e. The van der Waals surface area contributed by atoms with Crippen LogP contribution in [0.5, 0.6) is 11.6 Å². The van der Waals surface area contributed by atoms with Gasteiger partial charge in [0.2, 0.25) is 5.88 Å². The monoisotopic (exact) mass is 353 g/mol. The Labute approximate surface area is 131 Å². The first-order valence-electron chi connectivity index (χ1n) is 6.73. The summed E-state index contributed by atoms with van der Waals surface area (Å²) in [5.74, 6) is 2.14. The van der Waals surface area contributed by atoms with Crippen LogP contribution in [0.3, 0.4) is 0 Å². The fourth-order valence-electron chi connectivity index (χ4n) is 1.87. The molecule has 1 aromatic heterocycles. The lowest BCUT2D eigenvalue weighted by atomic mass is 10.2. The number of halogens is 2. The lowest BCUT2D eigenvalue weighted by Gasteiger charge is -2.13. The maximum Gasteiger partial charge on any atom is 0.227 e. The Morgan fingerprint density at radius 2 is 2.10 bits per heavy atom. The normalized spacial score (nSPS) is 10.5. The number of rotatable bonds is 5. The number of nitrogens with zero attached hydrogens (tertiary/aromatic N) is 2. The fourth-order valence-corrected chi connectivity index (χ4v) is 2.23. The van der Waals surface area contributed by atoms with Crippen molar-refractivity contribution < 1.29 is 9.13 Å². The standard InChI is InChI=1S/C15H17BrFN3O/c1-4-5-13-19-14(18-3)9(2)15(20-13)21-10-6-7-12(17)11(16)8-10/h6-8H,4-5H2,1-3H3,(H,18,19,20). The maximum absolute atomic E-state index is 13.3. The summed E-state index contributed by atoms with van der Waals surface area (Å²) in [5.41, 5.74) is 0.817. The first-order valence-corrected chi connectivity index (χ1v) is 7.52. The van der Waals surface area contributed by atoms with Gasteiger partial charge in [-0.2, -0.15) is 4.98 Å². The molecule has 2 aromatic rings. The summed E-state index contributed by atoms with van der Waals surface area (Å²) in [6, 6.07) is 4.50. The van der Waals surface area contributed by atoms with Crippen molar-refractivity contribution in [1.29, 1.82) is 0 Å². The summed E-state index contributed by atoms with van der Waals surface area (Å²) >= 11 is 3.15. The highest BCUT2D eigenvalue weighted by Crippen LogP contribution is 2.29. The van der Waals surface area contributed by atoms with Gasteiger partial charge in [-0.25, -0.2) is 9.37 Å². The summed E-state index contributed by atoms with van der Waals surface area (Å²) < 4.78 is 19.4. The molecule has 2 rings (SSSR count). The molecule has 0 unspecified atom stereocenters. The van der Waals surface area contributed by atoms with Crippen LogP contribution in [-0.4, -0.2) is 17.0 Å². The van der Waals surface area contributed by atoms with Crippen LogP contribution < -0.4 is 10.1 Å². The van der Waals surface area contributed by atoms with Gasteiger partial charge >= 0.3 is 0 Å². The number of aromatic nitrogens is 2.